The molecule has 0 aliphatic rings. The summed E-state index contributed by atoms with van der Waals surface area (Å²) >= 11 is 0. The van der Waals surface area contributed by atoms with Gasteiger partial charge < -0.3 is 49.6 Å². The molecular weight excluding hydrogens is 257 g/mol. The van der Waals surface area contributed by atoms with Gasteiger partial charge in [-0.2, -0.15) is 0 Å². The molecule has 0 amide bonds. The molecule has 0 saturated heterocycles. The van der Waals surface area contributed by atoms with Crippen LogP contribution in [0.15, 0.2) is 0 Å². The molecule has 0 bridgehead atoms. The van der Waals surface area contributed by atoms with Gasteiger partial charge in [-0.05, 0) is 0 Å². The zero-order valence-electron chi connectivity index (χ0n) is 2.72. The van der Waals surface area contributed by atoms with E-state index in [1.807, 2.05) is 0 Å². The molecule has 0 nitrogen and oxygen atoms in total. The molecule has 0 saturated carbocycles. The fourth-order valence-corrected chi connectivity index (χ4v) is 0. The Labute approximate surface area is 97.5 Å². The molecule has 6 heteroatoms. The molecule has 0 aliphatic heterocycles. The average Bonchev–Trinajstić information content (AvgIpc) is 0. The smallest absolute Gasteiger partial charge is 1.00 e. The van der Waals surface area contributed by atoms with Crippen molar-refractivity contribution in [1.29, 1.82) is 0 Å². The van der Waals surface area contributed by atoms with Crippen LogP contribution in [0.1, 0.15) is 0 Å². The Kier molecular flexibility index (Phi) is 521. The number of rotatable bonds is 0. The van der Waals surface area contributed by atoms with Gasteiger partial charge in [-0.25, -0.2) is 0 Å². The maximum atomic E-state index is 0. The molecule has 0 unspecified atom stereocenters. The number of hydrogen-bond donors (Lipinski definition) is 0. The summed E-state index contributed by atoms with van der Waals surface area (Å²) in [7, 11) is 0. The summed E-state index contributed by atoms with van der Waals surface area (Å²) in [5.74, 6) is 0. The molecule has 32 valence electrons. The van der Waals surface area contributed by atoms with Gasteiger partial charge in [0, 0.05) is 0 Å². The van der Waals surface area contributed by atoms with Crippen molar-refractivity contribution in [2.24, 2.45) is 0 Å². The van der Waals surface area contributed by atoms with Crippen LogP contribution in [0.25, 0.3) is 0 Å². The molecule has 0 aliphatic carbocycles. The Morgan fingerprint density at radius 1 is 0.500 bits per heavy atom. The molecule has 0 spiro atoms. The van der Waals surface area contributed by atoms with Crippen LogP contribution in [0.4, 0.5) is 0 Å². The van der Waals surface area contributed by atoms with Crippen LogP contribution in [0.5, 0.6) is 0 Å². The van der Waals surface area contributed by atoms with E-state index in [0.717, 1.165) is 0 Å². The van der Waals surface area contributed by atoms with Crippen molar-refractivity contribution in [3.05, 3.63) is 0 Å². The van der Waals surface area contributed by atoms with Gasteiger partial charge in [0.25, 0.3) is 0 Å². The monoisotopic (exact) mass is 254 g/mol. The van der Waals surface area contributed by atoms with E-state index in [9.17, 15) is 0 Å². The fourth-order valence-electron chi connectivity index (χ4n) is 0. The second-order valence-corrected chi connectivity index (χ2v) is 0. The molecule has 0 atom stereocenters. The van der Waals surface area contributed by atoms with Crippen LogP contribution in [0.2, 0.25) is 0 Å². The van der Waals surface area contributed by atoms with Crippen molar-refractivity contribution >= 4 is 23.1 Å². The zero-order valence-corrected chi connectivity index (χ0v) is 9.61. The fraction of sp³-hybridized carbons (Fsp3) is 0. The first-order valence-electron chi connectivity index (χ1n) is 0. The van der Waals surface area contributed by atoms with Gasteiger partial charge in [-0.15, -0.1) is 0 Å². The van der Waals surface area contributed by atoms with Gasteiger partial charge in [0.1, 0.15) is 0 Å². The van der Waals surface area contributed by atoms with Crippen molar-refractivity contribution in [1.82, 2.24) is 0 Å². The molecule has 0 rings (SSSR count). The molecule has 0 fully saturated rings. The Balaban J connectivity index is 0. The summed E-state index contributed by atoms with van der Waals surface area (Å²) in [6.45, 7) is 0. The van der Waals surface area contributed by atoms with Crippen LogP contribution >= 0.6 is 0 Å². The first kappa shape index (κ1) is 68.1. The number of hydrogen-bond acceptors (Lipinski definition) is 0. The van der Waals surface area contributed by atoms with Crippen LogP contribution in [-0.4, -0.2) is 23.1 Å². The Morgan fingerprint density at radius 2 is 0.500 bits per heavy atom. The SMILES string of the molecule is [Cl-].[Cl-].[Cl-].[Cl-].[Mg+2].[Zr+4]. The molecule has 0 N–H and O–H groups in total. The van der Waals surface area contributed by atoms with Gasteiger partial charge >= 0.3 is 49.3 Å². The van der Waals surface area contributed by atoms with E-state index in [1.54, 1.807) is 0 Å². The second-order valence-electron chi connectivity index (χ2n) is 0. The quantitative estimate of drug-likeness (QED) is 0.378. The van der Waals surface area contributed by atoms with Crippen molar-refractivity contribution in [3.8, 4) is 0 Å². The van der Waals surface area contributed by atoms with Gasteiger partial charge in [-0.1, -0.05) is 0 Å². The third kappa shape index (κ3) is 29.1. The number of halogens is 4. The first-order chi connectivity index (χ1) is 0. The topological polar surface area (TPSA) is 0 Å². The van der Waals surface area contributed by atoms with Gasteiger partial charge in [0.2, 0.25) is 0 Å². The summed E-state index contributed by atoms with van der Waals surface area (Å²) in [5, 5.41) is 0. The van der Waals surface area contributed by atoms with Gasteiger partial charge in [-0.3, -0.25) is 0 Å². The maximum Gasteiger partial charge on any atom is 4.00 e. The van der Waals surface area contributed by atoms with Gasteiger partial charge in [0.15, 0.2) is 0 Å². The Bertz CT molecular complexity index is 7.51. The van der Waals surface area contributed by atoms with Crippen molar-refractivity contribution in [2.75, 3.05) is 0 Å². The third-order valence-corrected chi connectivity index (χ3v) is 0. The van der Waals surface area contributed by atoms with E-state index in [4.69, 9.17) is 0 Å². The third-order valence-electron chi connectivity index (χ3n) is 0. The predicted octanol–water partition coefficient (Wildman–Crippen LogP) is -12.4. The molecule has 0 aromatic rings. The van der Waals surface area contributed by atoms with E-state index < -0.39 is 0 Å². The van der Waals surface area contributed by atoms with Crippen LogP contribution < -0.4 is 49.6 Å². The Morgan fingerprint density at radius 3 is 0.500 bits per heavy atom. The summed E-state index contributed by atoms with van der Waals surface area (Å²) < 4.78 is 0. The normalized spacial score (nSPS) is 0. The minimum atomic E-state index is 0. The summed E-state index contributed by atoms with van der Waals surface area (Å²) in [5.41, 5.74) is 0. The zero-order chi connectivity index (χ0) is 0. The van der Waals surface area contributed by atoms with Crippen LogP contribution in [-0.2, 0) is 26.2 Å². The van der Waals surface area contributed by atoms with Crippen molar-refractivity contribution in [2.45, 2.75) is 0 Å². The molecule has 0 radical (unpaired) electrons. The molecule has 0 aromatic heterocycles. The minimum absolute atomic E-state index is 0. The predicted molar refractivity (Wildman–Crippen MR) is 5.75 cm³/mol. The summed E-state index contributed by atoms with van der Waals surface area (Å²) in [6.07, 6.45) is 0. The molecule has 6 heavy (non-hydrogen) atoms. The van der Waals surface area contributed by atoms with Crippen molar-refractivity contribution in [3.63, 3.8) is 0 Å². The molecule has 0 heterocycles. The summed E-state index contributed by atoms with van der Waals surface area (Å²) in [4.78, 5) is 0. The van der Waals surface area contributed by atoms with Crippen LogP contribution in [0, 0.1) is 0 Å². The first-order valence-corrected chi connectivity index (χ1v) is 0. The van der Waals surface area contributed by atoms with E-state index >= 15 is 0 Å². The van der Waals surface area contributed by atoms with E-state index in [0.29, 0.717) is 0 Å². The molecular formula is Cl4MgZr+2. The average molecular weight is 257 g/mol. The standard InChI is InChI=1S/4ClH.Mg.Zr/h4*1H;;/q;;;;+2;+4/p-4. The van der Waals surface area contributed by atoms with E-state index in [-0.39, 0.29) is 98.9 Å². The second kappa shape index (κ2) is 45.9. The minimum Gasteiger partial charge on any atom is -1.00 e. The Hall–Kier alpha value is 2.81. The maximum absolute atomic E-state index is 0. The van der Waals surface area contributed by atoms with E-state index in [1.165, 1.54) is 0 Å². The molecule has 0 aromatic carbocycles. The van der Waals surface area contributed by atoms with Crippen LogP contribution in [0.3, 0.4) is 0 Å². The largest absolute Gasteiger partial charge is 4.00 e. The van der Waals surface area contributed by atoms with E-state index in [2.05, 4.69) is 0 Å². The summed E-state index contributed by atoms with van der Waals surface area (Å²) in [6, 6.07) is 0. The van der Waals surface area contributed by atoms with Crippen molar-refractivity contribution < 1.29 is 75.8 Å². The van der Waals surface area contributed by atoms with Gasteiger partial charge in [0.05, 0.1) is 0 Å².